The number of nitriles is 1. The van der Waals surface area contributed by atoms with Crippen LogP contribution < -0.4 is 16.4 Å². The minimum Gasteiger partial charge on any atom is -0.508 e. The first kappa shape index (κ1) is 29.6. The van der Waals surface area contributed by atoms with Crippen LogP contribution in [0.15, 0.2) is 42.5 Å². The van der Waals surface area contributed by atoms with Crippen molar-refractivity contribution in [2.75, 3.05) is 11.9 Å². The van der Waals surface area contributed by atoms with Gasteiger partial charge >= 0.3 is 6.09 Å². The third kappa shape index (κ3) is 8.23. The largest absolute Gasteiger partial charge is 0.508 e. The van der Waals surface area contributed by atoms with E-state index >= 15 is 0 Å². The highest BCUT2D eigenvalue weighted by Gasteiger charge is 2.37. The molecule has 0 saturated heterocycles. The third-order valence-electron chi connectivity index (χ3n) is 5.39. The number of anilines is 1. The molecule has 0 heterocycles. The van der Waals surface area contributed by atoms with Crippen LogP contribution in [-0.4, -0.2) is 52.0 Å². The lowest BCUT2D eigenvalue weighted by atomic mass is 10.0. The summed E-state index contributed by atoms with van der Waals surface area (Å²) in [4.78, 5) is 52.6. The number of carbonyl (C=O) groups is 4. The molecule has 0 aliphatic rings. The summed E-state index contributed by atoms with van der Waals surface area (Å²) < 4.78 is 5.20. The molecule has 0 bridgehead atoms. The van der Waals surface area contributed by atoms with Crippen LogP contribution in [0.2, 0.25) is 0 Å². The van der Waals surface area contributed by atoms with Gasteiger partial charge in [0, 0.05) is 5.69 Å². The van der Waals surface area contributed by atoms with Gasteiger partial charge in [-0.25, -0.2) is 4.79 Å². The summed E-state index contributed by atoms with van der Waals surface area (Å²) in [6, 6.07) is 10.0. The zero-order chi connectivity index (χ0) is 28.6. The zero-order valence-electron chi connectivity index (χ0n) is 22.1. The summed E-state index contributed by atoms with van der Waals surface area (Å²) in [6.07, 6.45) is -1.59. The number of carbonyl (C=O) groups excluding carboxylic acids is 4. The molecule has 0 spiro atoms. The minimum absolute atomic E-state index is 0.169. The summed E-state index contributed by atoms with van der Waals surface area (Å²) in [5.41, 5.74) is 6.69. The van der Waals surface area contributed by atoms with Crippen molar-refractivity contribution in [2.45, 2.75) is 58.7 Å². The highest BCUT2D eigenvalue weighted by molar-refractivity contribution is 6.00. The second-order valence-corrected chi connectivity index (χ2v) is 9.75. The number of phenolic OH excluding ortho intramolecular Hbond substituents is 1. The van der Waals surface area contributed by atoms with Crippen LogP contribution in [0.3, 0.4) is 0 Å². The van der Waals surface area contributed by atoms with Crippen LogP contribution in [-0.2, 0) is 19.1 Å². The zero-order valence-corrected chi connectivity index (χ0v) is 22.1. The second-order valence-electron chi connectivity index (χ2n) is 9.75. The molecule has 4 amide bonds. The summed E-state index contributed by atoms with van der Waals surface area (Å²) in [6.45, 7) is 7.89. The number of hydrogen-bond donors (Lipinski definition) is 4. The molecule has 2 aromatic rings. The number of phenols is 1. The van der Waals surface area contributed by atoms with E-state index in [1.807, 2.05) is 12.1 Å². The Kier molecular flexibility index (Phi) is 9.81. The number of hydrogen-bond acceptors (Lipinski definition) is 7. The summed E-state index contributed by atoms with van der Waals surface area (Å²) in [5.74, 6) is -2.66. The first-order chi connectivity index (χ1) is 17.7. The minimum atomic E-state index is -1.52. The Bertz CT molecular complexity index is 1230. The summed E-state index contributed by atoms with van der Waals surface area (Å²) in [7, 11) is 0. The first-order valence-electron chi connectivity index (χ1n) is 11.8. The quantitative estimate of drug-likeness (QED) is 0.365. The van der Waals surface area contributed by atoms with E-state index in [-0.39, 0.29) is 11.3 Å². The van der Waals surface area contributed by atoms with Gasteiger partial charge < -0.3 is 31.1 Å². The van der Waals surface area contributed by atoms with Gasteiger partial charge in [0.2, 0.25) is 11.8 Å². The second kappa shape index (κ2) is 12.6. The van der Waals surface area contributed by atoms with Crippen LogP contribution in [0.4, 0.5) is 10.5 Å². The number of nitrogens with one attached hydrogen (secondary N) is 2. The third-order valence-corrected chi connectivity index (χ3v) is 5.39. The highest BCUT2D eigenvalue weighted by Crippen LogP contribution is 2.28. The molecule has 5 N–H and O–H groups in total. The lowest BCUT2D eigenvalue weighted by molar-refractivity contribution is -0.141. The van der Waals surface area contributed by atoms with Crippen molar-refractivity contribution in [1.82, 2.24) is 10.2 Å². The number of benzene rings is 2. The maximum atomic E-state index is 13.7. The molecule has 0 aliphatic carbocycles. The monoisotopic (exact) mass is 523 g/mol. The molecule has 2 rings (SSSR count). The van der Waals surface area contributed by atoms with Crippen molar-refractivity contribution >= 4 is 29.5 Å². The molecule has 2 unspecified atom stereocenters. The van der Waals surface area contributed by atoms with Crippen molar-refractivity contribution in [2.24, 2.45) is 5.73 Å². The van der Waals surface area contributed by atoms with E-state index in [4.69, 9.17) is 10.5 Å². The smallest absolute Gasteiger partial charge is 0.408 e. The van der Waals surface area contributed by atoms with Gasteiger partial charge in [-0.3, -0.25) is 14.4 Å². The van der Waals surface area contributed by atoms with Gasteiger partial charge in [-0.15, -0.1) is 0 Å². The number of nitrogens with zero attached hydrogens (tertiary/aromatic N) is 2. The van der Waals surface area contributed by atoms with E-state index in [9.17, 15) is 29.5 Å². The molecule has 0 aromatic heterocycles. The fourth-order valence-corrected chi connectivity index (χ4v) is 3.79. The number of rotatable bonds is 9. The maximum absolute atomic E-state index is 13.7. The van der Waals surface area contributed by atoms with Crippen molar-refractivity contribution in [3.05, 3.63) is 59.2 Å². The Balaban J connectivity index is 2.56. The number of nitrogens with two attached hydrogens (primary N) is 1. The van der Waals surface area contributed by atoms with Gasteiger partial charge in [0.25, 0.3) is 5.91 Å². The van der Waals surface area contributed by atoms with Gasteiger partial charge in [-0.1, -0.05) is 30.3 Å². The predicted molar refractivity (Wildman–Crippen MR) is 140 cm³/mol. The van der Waals surface area contributed by atoms with Gasteiger partial charge in [-0.05, 0) is 63.4 Å². The van der Waals surface area contributed by atoms with Gasteiger partial charge in [-0.2, -0.15) is 5.26 Å². The Morgan fingerprint density at radius 1 is 1.11 bits per heavy atom. The van der Waals surface area contributed by atoms with E-state index in [1.165, 1.54) is 24.3 Å². The number of aromatic hydroxyl groups is 1. The Labute approximate surface area is 221 Å². The van der Waals surface area contributed by atoms with E-state index in [2.05, 4.69) is 10.6 Å². The highest BCUT2D eigenvalue weighted by atomic mass is 16.6. The number of ether oxygens (including phenoxy) is 1. The number of amides is 4. The van der Waals surface area contributed by atoms with Gasteiger partial charge in [0.15, 0.2) is 0 Å². The van der Waals surface area contributed by atoms with Crippen LogP contribution in [0.25, 0.3) is 0 Å². The SMILES string of the molecule is Cc1cccc(C)c1NC(=O)C(c1cccc(O)c1)N(CC#N)C(=O)C(CC(N)=O)NC(=O)OC(C)(C)C. The maximum Gasteiger partial charge on any atom is 0.408 e. The molecular formula is C27H33N5O6. The topological polar surface area (TPSA) is 175 Å². The standard InChI is InChI=1S/C27H33N5O6/c1-16-8-6-9-17(2)22(16)31-24(35)23(18-10-7-11-19(33)14-18)32(13-12-28)25(36)20(15-21(29)34)30-26(37)38-27(3,4)5/h6-11,14,20,23,33H,13,15H2,1-5H3,(H2,29,34)(H,30,37)(H,31,35). The van der Waals surface area contributed by atoms with E-state index in [0.717, 1.165) is 16.0 Å². The molecule has 2 aromatic carbocycles. The Morgan fingerprint density at radius 3 is 2.24 bits per heavy atom. The average molecular weight is 524 g/mol. The van der Waals surface area contributed by atoms with E-state index in [0.29, 0.717) is 5.69 Å². The number of primary amides is 1. The van der Waals surface area contributed by atoms with Crippen molar-refractivity contribution < 1.29 is 29.0 Å². The molecule has 11 nitrogen and oxygen atoms in total. The van der Waals surface area contributed by atoms with Gasteiger partial charge in [0.05, 0.1) is 12.5 Å². The molecule has 0 fully saturated rings. The van der Waals surface area contributed by atoms with Crippen LogP contribution >= 0.6 is 0 Å². The molecule has 11 heteroatoms. The van der Waals surface area contributed by atoms with Crippen LogP contribution in [0.1, 0.15) is 49.9 Å². The van der Waals surface area contributed by atoms with Gasteiger partial charge in [0.1, 0.15) is 30.0 Å². The summed E-state index contributed by atoms with van der Waals surface area (Å²) in [5, 5.41) is 24.8. The van der Waals surface area contributed by atoms with Crippen molar-refractivity contribution in [3.8, 4) is 11.8 Å². The number of para-hydroxylation sites is 1. The molecule has 202 valence electrons. The molecule has 38 heavy (non-hydrogen) atoms. The molecule has 0 radical (unpaired) electrons. The predicted octanol–water partition coefficient (Wildman–Crippen LogP) is 2.81. The molecule has 0 aliphatic heterocycles. The normalized spacial score (nSPS) is 12.4. The van der Waals surface area contributed by atoms with E-state index in [1.54, 1.807) is 46.8 Å². The Morgan fingerprint density at radius 2 is 1.71 bits per heavy atom. The summed E-state index contributed by atoms with van der Waals surface area (Å²) >= 11 is 0. The average Bonchev–Trinajstić information content (AvgIpc) is 2.79. The molecule has 2 atom stereocenters. The van der Waals surface area contributed by atoms with Crippen molar-refractivity contribution in [1.29, 1.82) is 5.26 Å². The first-order valence-corrected chi connectivity index (χ1v) is 11.8. The van der Waals surface area contributed by atoms with Crippen molar-refractivity contribution in [3.63, 3.8) is 0 Å². The fraction of sp³-hybridized carbons (Fsp3) is 0.370. The molecular weight excluding hydrogens is 490 g/mol. The molecule has 0 saturated carbocycles. The number of alkyl carbamates (subject to hydrolysis) is 1. The fourth-order valence-electron chi connectivity index (χ4n) is 3.79. The van der Waals surface area contributed by atoms with Crippen LogP contribution in [0, 0.1) is 25.2 Å². The lowest BCUT2D eigenvalue weighted by Gasteiger charge is -2.33. The van der Waals surface area contributed by atoms with E-state index < -0.39 is 54.5 Å². The number of aryl methyl sites for hydroxylation is 2. The lowest BCUT2D eigenvalue weighted by Crippen LogP contribution is -2.53. The van der Waals surface area contributed by atoms with Crippen LogP contribution in [0.5, 0.6) is 5.75 Å². The Hall–Kier alpha value is -4.59.